The van der Waals surface area contributed by atoms with Crippen LogP contribution in [0.3, 0.4) is 0 Å². The first kappa shape index (κ1) is 8.39. The van der Waals surface area contributed by atoms with Gasteiger partial charge in [-0.15, -0.1) is 11.3 Å². The first-order valence-corrected chi connectivity index (χ1v) is 3.75. The monoisotopic (exact) mass is 181 g/mol. The van der Waals surface area contributed by atoms with Crippen LogP contribution in [-0.4, -0.2) is 6.18 Å². The van der Waals surface area contributed by atoms with Crippen molar-refractivity contribution in [3.63, 3.8) is 0 Å². The normalized spacial score (nSPS) is 11.9. The third kappa shape index (κ3) is 2.42. The van der Waals surface area contributed by atoms with E-state index in [-0.39, 0.29) is 10.6 Å². The molecule has 0 saturated carbocycles. The number of rotatable bonds is 1. The van der Waals surface area contributed by atoms with E-state index < -0.39 is 12.6 Å². The minimum absolute atomic E-state index is 0.192. The Kier molecular flexibility index (Phi) is 2.08. The summed E-state index contributed by atoms with van der Waals surface area (Å²) in [4.78, 5) is 0.192. The second-order valence-corrected chi connectivity index (χ2v) is 3.09. The molecule has 0 fully saturated rings. The lowest BCUT2D eigenvalue weighted by molar-refractivity contribution is -0.126. The Morgan fingerprint density at radius 3 is 2.45 bits per heavy atom. The molecule has 0 aromatic carbocycles. The Hall–Kier alpha value is -0.710. The summed E-state index contributed by atoms with van der Waals surface area (Å²) in [7, 11) is 0. The minimum Gasteiger partial charge on any atom is -0.398 e. The summed E-state index contributed by atoms with van der Waals surface area (Å²) < 4.78 is 35.2. The van der Waals surface area contributed by atoms with E-state index in [2.05, 4.69) is 0 Å². The zero-order valence-electron chi connectivity index (χ0n) is 5.48. The highest BCUT2D eigenvalue weighted by Gasteiger charge is 2.29. The average molecular weight is 181 g/mol. The van der Waals surface area contributed by atoms with Crippen molar-refractivity contribution in [1.82, 2.24) is 0 Å². The first-order chi connectivity index (χ1) is 4.99. The first-order valence-electron chi connectivity index (χ1n) is 2.87. The van der Waals surface area contributed by atoms with E-state index in [0.29, 0.717) is 0 Å². The van der Waals surface area contributed by atoms with Crippen LogP contribution in [0.25, 0.3) is 0 Å². The molecular formula is C6H6F3NS. The van der Waals surface area contributed by atoms with Gasteiger partial charge in [0.15, 0.2) is 0 Å². The smallest absolute Gasteiger partial charge is 0.393 e. The number of nitrogens with two attached hydrogens (primary N) is 1. The second kappa shape index (κ2) is 2.73. The highest BCUT2D eigenvalue weighted by atomic mass is 32.1. The van der Waals surface area contributed by atoms with E-state index in [1.165, 1.54) is 6.07 Å². The van der Waals surface area contributed by atoms with Crippen LogP contribution in [0.1, 0.15) is 4.88 Å². The van der Waals surface area contributed by atoms with Gasteiger partial charge in [-0.1, -0.05) is 0 Å². The summed E-state index contributed by atoms with van der Waals surface area (Å²) in [6.45, 7) is 0. The summed E-state index contributed by atoms with van der Waals surface area (Å²) >= 11 is 1.03. The van der Waals surface area contributed by atoms with Crippen LogP contribution in [-0.2, 0) is 6.42 Å². The zero-order valence-corrected chi connectivity index (χ0v) is 6.30. The molecule has 1 aromatic heterocycles. The van der Waals surface area contributed by atoms with E-state index in [9.17, 15) is 13.2 Å². The molecule has 0 aliphatic heterocycles. The van der Waals surface area contributed by atoms with Crippen molar-refractivity contribution in [1.29, 1.82) is 0 Å². The van der Waals surface area contributed by atoms with E-state index in [0.717, 1.165) is 11.3 Å². The van der Waals surface area contributed by atoms with Crippen molar-refractivity contribution in [2.75, 3.05) is 5.73 Å². The van der Waals surface area contributed by atoms with Crippen LogP contribution in [0.5, 0.6) is 0 Å². The molecule has 0 aliphatic rings. The van der Waals surface area contributed by atoms with Gasteiger partial charge >= 0.3 is 6.18 Å². The maximum Gasteiger partial charge on any atom is 0.393 e. The molecule has 1 nitrogen and oxygen atoms in total. The topological polar surface area (TPSA) is 26.0 Å². The second-order valence-electron chi connectivity index (χ2n) is 2.09. The molecule has 1 rings (SSSR count). The molecule has 0 unspecified atom stereocenters. The van der Waals surface area contributed by atoms with Crippen molar-refractivity contribution in [3.05, 3.63) is 16.3 Å². The molecule has 0 bridgehead atoms. The van der Waals surface area contributed by atoms with Gasteiger partial charge in [-0.05, 0) is 11.4 Å². The van der Waals surface area contributed by atoms with Gasteiger partial charge in [0.1, 0.15) is 0 Å². The molecule has 11 heavy (non-hydrogen) atoms. The summed E-state index contributed by atoms with van der Waals surface area (Å²) in [5.41, 5.74) is 5.49. The number of alkyl halides is 3. The van der Waals surface area contributed by atoms with Gasteiger partial charge < -0.3 is 5.73 Å². The molecule has 2 N–H and O–H groups in total. The number of anilines is 1. The van der Waals surface area contributed by atoms with Crippen molar-refractivity contribution >= 4 is 17.0 Å². The third-order valence-electron chi connectivity index (χ3n) is 1.14. The SMILES string of the molecule is Nc1ccsc1CC(F)(F)F. The molecular weight excluding hydrogens is 175 g/mol. The van der Waals surface area contributed by atoms with Gasteiger partial charge in [-0.2, -0.15) is 13.2 Å². The molecule has 62 valence electrons. The number of hydrogen-bond donors (Lipinski definition) is 1. The average Bonchev–Trinajstić information content (AvgIpc) is 2.12. The molecule has 0 spiro atoms. The summed E-state index contributed by atoms with van der Waals surface area (Å²) in [6, 6.07) is 1.48. The number of nitrogen functional groups attached to an aromatic ring is 1. The van der Waals surface area contributed by atoms with Crippen molar-refractivity contribution in [2.24, 2.45) is 0 Å². The van der Waals surface area contributed by atoms with Gasteiger partial charge in [-0.25, -0.2) is 0 Å². The van der Waals surface area contributed by atoms with E-state index >= 15 is 0 Å². The number of thiophene rings is 1. The van der Waals surface area contributed by atoms with Crippen LogP contribution in [0, 0.1) is 0 Å². The Labute approximate surface area is 65.6 Å². The molecule has 0 saturated heterocycles. The lowest BCUT2D eigenvalue weighted by atomic mass is 10.3. The Morgan fingerprint density at radius 2 is 2.09 bits per heavy atom. The highest BCUT2D eigenvalue weighted by molar-refractivity contribution is 7.10. The fraction of sp³-hybridized carbons (Fsp3) is 0.333. The van der Waals surface area contributed by atoms with Crippen LogP contribution >= 0.6 is 11.3 Å². The molecule has 1 aromatic rings. The maximum atomic E-state index is 11.8. The fourth-order valence-corrected chi connectivity index (χ4v) is 1.51. The summed E-state index contributed by atoms with van der Waals surface area (Å²) in [5.74, 6) is 0. The largest absolute Gasteiger partial charge is 0.398 e. The summed E-state index contributed by atoms with van der Waals surface area (Å²) in [5, 5.41) is 1.55. The fourth-order valence-electron chi connectivity index (χ4n) is 0.676. The van der Waals surface area contributed by atoms with Gasteiger partial charge in [0.25, 0.3) is 0 Å². The zero-order chi connectivity index (χ0) is 8.48. The van der Waals surface area contributed by atoms with Crippen molar-refractivity contribution in [2.45, 2.75) is 12.6 Å². The molecule has 0 aliphatic carbocycles. The summed E-state index contributed by atoms with van der Waals surface area (Å²) in [6.07, 6.45) is -5.07. The number of halogens is 3. The Morgan fingerprint density at radius 1 is 1.45 bits per heavy atom. The predicted molar refractivity (Wildman–Crippen MR) is 38.5 cm³/mol. The van der Waals surface area contributed by atoms with Crippen LogP contribution in [0.2, 0.25) is 0 Å². The Balaban J connectivity index is 2.72. The molecule has 1 heterocycles. The highest BCUT2D eigenvalue weighted by Crippen LogP contribution is 2.28. The lowest BCUT2D eigenvalue weighted by Crippen LogP contribution is -2.11. The molecule has 0 radical (unpaired) electrons. The van der Waals surface area contributed by atoms with E-state index in [4.69, 9.17) is 5.73 Å². The quantitative estimate of drug-likeness (QED) is 0.707. The molecule has 0 atom stereocenters. The third-order valence-corrected chi connectivity index (χ3v) is 2.08. The van der Waals surface area contributed by atoms with Crippen molar-refractivity contribution < 1.29 is 13.2 Å². The predicted octanol–water partition coefficient (Wildman–Crippen LogP) is 2.44. The number of hydrogen-bond acceptors (Lipinski definition) is 2. The van der Waals surface area contributed by atoms with Gasteiger partial charge in [0.05, 0.1) is 6.42 Å². The standard InChI is InChI=1S/C6H6F3NS/c7-6(8,9)3-5-4(10)1-2-11-5/h1-2H,3,10H2. The lowest BCUT2D eigenvalue weighted by Gasteiger charge is -2.03. The van der Waals surface area contributed by atoms with Gasteiger partial charge in [-0.3, -0.25) is 0 Å². The molecule has 0 amide bonds. The van der Waals surface area contributed by atoms with Crippen LogP contribution in [0.4, 0.5) is 18.9 Å². The van der Waals surface area contributed by atoms with Gasteiger partial charge in [0.2, 0.25) is 0 Å². The van der Waals surface area contributed by atoms with Crippen LogP contribution < -0.4 is 5.73 Å². The van der Waals surface area contributed by atoms with Crippen molar-refractivity contribution in [3.8, 4) is 0 Å². The van der Waals surface area contributed by atoms with E-state index in [1.54, 1.807) is 5.38 Å². The van der Waals surface area contributed by atoms with Gasteiger partial charge in [0, 0.05) is 10.6 Å². The maximum absolute atomic E-state index is 11.8. The van der Waals surface area contributed by atoms with E-state index in [1.807, 2.05) is 0 Å². The minimum atomic E-state index is -4.15. The molecule has 5 heteroatoms. The van der Waals surface area contributed by atoms with Crippen LogP contribution in [0.15, 0.2) is 11.4 Å². The Bertz CT molecular complexity index is 240.